The molecule has 6 nitrogen and oxygen atoms in total. The van der Waals surface area contributed by atoms with Crippen molar-refractivity contribution in [1.29, 1.82) is 0 Å². The molecule has 0 aliphatic rings. The summed E-state index contributed by atoms with van der Waals surface area (Å²) in [5.74, 6) is -1.00. The minimum atomic E-state index is -3.87. The van der Waals surface area contributed by atoms with E-state index in [2.05, 4.69) is 25.4 Å². The number of likely N-dealkylation sites (N-methyl/N-ethyl adjacent to an activating group) is 1. The number of nitrogens with one attached hydrogen (secondary N) is 1. The summed E-state index contributed by atoms with van der Waals surface area (Å²) in [6.07, 6.45) is 0. The monoisotopic (exact) mass is 458 g/mol. The third-order valence-corrected chi connectivity index (χ3v) is 6.11. The van der Waals surface area contributed by atoms with Gasteiger partial charge in [-0.15, -0.1) is 0 Å². The van der Waals surface area contributed by atoms with Gasteiger partial charge in [0.15, 0.2) is 0 Å². The van der Waals surface area contributed by atoms with Crippen LogP contribution in [0.2, 0.25) is 0 Å². The lowest BCUT2D eigenvalue weighted by Gasteiger charge is -2.25. The zero-order valence-electron chi connectivity index (χ0n) is 15.1. The second-order valence-electron chi connectivity index (χ2n) is 6.02. The molecule has 0 bridgehead atoms. The molecule has 0 radical (unpaired) electrons. The summed E-state index contributed by atoms with van der Waals surface area (Å²) in [7, 11) is 0.961. The van der Waals surface area contributed by atoms with Crippen molar-refractivity contribution in [3.05, 3.63) is 63.9 Å². The van der Waals surface area contributed by atoms with Crippen molar-refractivity contribution >= 4 is 31.9 Å². The Morgan fingerprint density at radius 1 is 1.22 bits per heavy atom. The maximum atomic E-state index is 13.1. The lowest BCUT2D eigenvalue weighted by molar-refractivity contribution is 0.0599. The molecule has 0 saturated carbocycles. The number of ether oxygens (including phenoxy) is 1. The standard InChI is InChI=1S/C18H20BrFN2O4S/c1-22(2)17(12-4-6-13(20)7-5-12)11-21-27(24,25)14-8-9-16(19)15(10-14)18(23)26-3/h4-10,17,21H,11H2,1-3H3. The Kier molecular flexibility index (Phi) is 7.10. The first kappa shape index (κ1) is 21.5. The van der Waals surface area contributed by atoms with Crippen molar-refractivity contribution in [2.24, 2.45) is 0 Å². The highest BCUT2D eigenvalue weighted by Gasteiger charge is 2.22. The van der Waals surface area contributed by atoms with Gasteiger partial charge in [-0.2, -0.15) is 0 Å². The number of hydrogen-bond acceptors (Lipinski definition) is 5. The third-order valence-electron chi connectivity index (χ3n) is 4.00. The van der Waals surface area contributed by atoms with Gasteiger partial charge in [0.2, 0.25) is 10.0 Å². The van der Waals surface area contributed by atoms with Gasteiger partial charge in [-0.3, -0.25) is 0 Å². The first-order valence-corrected chi connectivity index (χ1v) is 10.2. The van der Waals surface area contributed by atoms with Crippen LogP contribution in [0.1, 0.15) is 22.0 Å². The quantitative estimate of drug-likeness (QED) is 0.645. The molecule has 2 aromatic rings. The number of benzene rings is 2. The van der Waals surface area contributed by atoms with Crippen molar-refractivity contribution in [1.82, 2.24) is 9.62 Å². The van der Waals surface area contributed by atoms with Gasteiger partial charge < -0.3 is 9.64 Å². The highest BCUT2D eigenvalue weighted by molar-refractivity contribution is 9.10. The molecule has 0 aliphatic carbocycles. The van der Waals surface area contributed by atoms with E-state index >= 15 is 0 Å². The topological polar surface area (TPSA) is 75.7 Å². The van der Waals surface area contributed by atoms with E-state index in [4.69, 9.17) is 0 Å². The lowest BCUT2D eigenvalue weighted by Crippen LogP contribution is -2.34. The first-order chi connectivity index (χ1) is 12.7. The van der Waals surface area contributed by atoms with Crippen molar-refractivity contribution < 1.29 is 22.3 Å². The summed E-state index contributed by atoms with van der Waals surface area (Å²) >= 11 is 3.20. The molecule has 27 heavy (non-hydrogen) atoms. The van der Waals surface area contributed by atoms with E-state index in [0.29, 0.717) is 4.47 Å². The number of carbonyl (C=O) groups excluding carboxylic acids is 1. The van der Waals surface area contributed by atoms with Gasteiger partial charge in [-0.25, -0.2) is 22.3 Å². The minimum Gasteiger partial charge on any atom is -0.465 e. The van der Waals surface area contributed by atoms with Crippen molar-refractivity contribution in [2.75, 3.05) is 27.7 Å². The Balaban J connectivity index is 2.24. The molecule has 1 N–H and O–H groups in total. The molecule has 0 aromatic heterocycles. The summed E-state index contributed by atoms with van der Waals surface area (Å²) in [5.41, 5.74) is 0.887. The molecule has 2 rings (SSSR count). The van der Waals surface area contributed by atoms with E-state index in [-0.39, 0.29) is 28.9 Å². The van der Waals surface area contributed by atoms with Gasteiger partial charge in [0, 0.05) is 17.1 Å². The summed E-state index contributed by atoms with van der Waals surface area (Å²) in [6, 6.07) is 9.71. The van der Waals surface area contributed by atoms with Crippen LogP contribution < -0.4 is 4.72 Å². The largest absolute Gasteiger partial charge is 0.465 e. The van der Waals surface area contributed by atoms with E-state index in [9.17, 15) is 17.6 Å². The maximum absolute atomic E-state index is 13.1. The SMILES string of the molecule is COC(=O)c1cc(S(=O)(=O)NCC(c2ccc(F)cc2)N(C)C)ccc1Br. The molecule has 0 heterocycles. The Bertz CT molecular complexity index is 917. The Labute approximate surface area is 166 Å². The van der Waals surface area contributed by atoms with Crippen LogP contribution in [0, 0.1) is 5.82 Å². The summed E-state index contributed by atoms with van der Waals surface area (Å²) < 4.78 is 46.1. The fourth-order valence-corrected chi connectivity index (χ4v) is 3.97. The van der Waals surface area contributed by atoms with Crippen molar-refractivity contribution in [2.45, 2.75) is 10.9 Å². The van der Waals surface area contributed by atoms with Gasteiger partial charge in [-0.1, -0.05) is 12.1 Å². The molecule has 1 atom stereocenters. The summed E-state index contributed by atoms with van der Waals surface area (Å²) in [5, 5.41) is 0. The minimum absolute atomic E-state index is 0.0530. The number of rotatable bonds is 7. The molecule has 2 aromatic carbocycles. The van der Waals surface area contributed by atoms with E-state index in [0.717, 1.165) is 5.56 Å². The molecule has 0 saturated heterocycles. The molecule has 0 spiro atoms. The summed E-state index contributed by atoms with van der Waals surface area (Å²) in [6.45, 7) is 0.0740. The van der Waals surface area contributed by atoms with Gasteiger partial charge in [0.25, 0.3) is 0 Å². The average Bonchev–Trinajstić information content (AvgIpc) is 2.62. The number of sulfonamides is 1. The second kappa shape index (κ2) is 8.92. The zero-order chi connectivity index (χ0) is 20.2. The Morgan fingerprint density at radius 3 is 2.41 bits per heavy atom. The van der Waals surface area contributed by atoms with Gasteiger partial charge in [0.1, 0.15) is 5.82 Å². The van der Waals surface area contributed by atoms with E-state index in [1.165, 1.54) is 37.4 Å². The van der Waals surface area contributed by atoms with Crippen LogP contribution in [0.25, 0.3) is 0 Å². The van der Waals surface area contributed by atoms with Gasteiger partial charge >= 0.3 is 5.97 Å². The maximum Gasteiger partial charge on any atom is 0.339 e. The number of hydrogen-bond donors (Lipinski definition) is 1. The van der Waals surface area contributed by atoms with Crippen molar-refractivity contribution in [3.8, 4) is 0 Å². The van der Waals surface area contributed by atoms with E-state index in [1.807, 2.05) is 4.90 Å². The first-order valence-electron chi connectivity index (χ1n) is 7.95. The van der Waals surface area contributed by atoms with Gasteiger partial charge in [0.05, 0.1) is 17.6 Å². The third kappa shape index (κ3) is 5.35. The van der Waals surface area contributed by atoms with Crippen LogP contribution in [0.15, 0.2) is 51.8 Å². The molecule has 0 aliphatic heterocycles. The van der Waals surface area contributed by atoms with Crippen LogP contribution in [0.4, 0.5) is 4.39 Å². The van der Waals surface area contributed by atoms with Crippen LogP contribution in [0.3, 0.4) is 0 Å². The fourth-order valence-electron chi connectivity index (χ4n) is 2.49. The molecular weight excluding hydrogens is 439 g/mol. The number of nitrogens with zero attached hydrogens (tertiary/aromatic N) is 1. The second-order valence-corrected chi connectivity index (χ2v) is 8.64. The van der Waals surface area contributed by atoms with Crippen LogP contribution in [-0.2, 0) is 14.8 Å². The molecule has 0 fully saturated rings. The molecule has 1 unspecified atom stereocenters. The number of halogens is 2. The number of methoxy groups -OCH3 is 1. The average molecular weight is 459 g/mol. The van der Waals surface area contributed by atoms with Crippen LogP contribution >= 0.6 is 15.9 Å². The van der Waals surface area contributed by atoms with Crippen LogP contribution in [0.5, 0.6) is 0 Å². The normalized spacial score (nSPS) is 12.8. The number of carbonyl (C=O) groups is 1. The predicted octanol–water partition coefficient (Wildman–Crippen LogP) is 2.96. The lowest BCUT2D eigenvalue weighted by atomic mass is 10.1. The molecular formula is C18H20BrFN2O4S. The predicted molar refractivity (Wildman–Crippen MR) is 103 cm³/mol. The van der Waals surface area contributed by atoms with E-state index < -0.39 is 16.0 Å². The smallest absolute Gasteiger partial charge is 0.339 e. The highest BCUT2D eigenvalue weighted by atomic mass is 79.9. The Hall–Kier alpha value is -1.81. The van der Waals surface area contributed by atoms with Crippen molar-refractivity contribution in [3.63, 3.8) is 0 Å². The van der Waals surface area contributed by atoms with Gasteiger partial charge in [-0.05, 0) is 65.9 Å². The number of esters is 1. The zero-order valence-corrected chi connectivity index (χ0v) is 17.5. The highest BCUT2D eigenvalue weighted by Crippen LogP contribution is 2.23. The summed E-state index contributed by atoms with van der Waals surface area (Å²) in [4.78, 5) is 13.6. The fraction of sp³-hybridized carbons (Fsp3) is 0.278. The molecule has 146 valence electrons. The molecule has 0 amide bonds. The molecule has 9 heteroatoms. The van der Waals surface area contributed by atoms with Crippen LogP contribution in [-0.4, -0.2) is 47.0 Å². The van der Waals surface area contributed by atoms with E-state index in [1.54, 1.807) is 26.2 Å². The Morgan fingerprint density at radius 2 is 1.85 bits per heavy atom.